The fraction of sp³-hybridized carbons (Fsp3) is 0.231. The lowest BCUT2D eigenvalue weighted by Gasteiger charge is -2.18. The van der Waals surface area contributed by atoms with Gasteiger partial charge in [-0.15, -0.1) is 9.98 Å². The van der Waals surface area contributed by atoms with Crippen LogP contribution in [0.2, 0.25) is 0 Å². The van der Waals surface area contributed by atoms with Crippen LogP contribution in [0, 0.1) is 0 Å². The minimum atomic E-state index is -0.746. The van der Waals surface area contributed by atoms with Crippen LogP contribution in [0.15, 0.2) is 70.9 Å². The van der Waals surface area contributed by atoms with Crippen LogP contribution in [0.1, 0.15) is 13.8 Å². The summed E-state index contributed by atoms with van der Waals surface area (Å²) in [5, 5.41) is 0. The van der Waals surface area contributed by atoms with E-state index in [9.17, 15) is 9.59 Å². The van der Waals surface area contributed by atoms with Crippen LogP contribution in [0.5, 0.6) is 0 Å². The highest BCUT2D eigenvalue weighted by atomic mass is 16.5. The summed E-state index contributed by atoms with van der Waals surface area (Å²) in [5.41, 5.74) is 16.4. The Morgan fingerprint density at radius 2 is 1.08 bits per heavy atom. The highest BCUT2D eigenvalue weighted by molar-refractivity contribution is 6.00. The number of carbonyl (C=O) groups is 2. The first-order valence-corrected chi connectivity index (χ1v) is 11.8. The summed E-state index contributed by atoms with van der Waals surface area (Å²) in [6, 6.07) is 15.2. The standard InChI is InChI=1S/C26H30N8O4/c1-5-37-25(35)31-23(27)33(3)19-11-13-21(29-15-19)17-7-9-18(10-8-17)22-14-12-20(16-30-22)34(4)24(28)32-26(36)38-6-2/h7-16H,5-6H2,1-4H3,(H2,27,31,35)(H2,28,32,36). The number of pyridine rings is 2. The average molecular weight is 519 g/mol. The molecule has 0 bridgehead atoms. The Kier molecular flexibility index (Phi) is 9.30. The molecule has 2 amide bonds. The van der Waals surface area contributed by atoms with E-state index in [4.69, 9.17) is 20.9 Å². The van der Waals surface area contributed by atoms with Crippen molar-refractivity contribution in [2.24, 2.45) is 21.5 Å². The summed E-state index contributed by atoms with van der Waals surface area (Å²) in [6.07, 6.45) is 1.80. The van der Waals surface area contributed by atoms with Crippen LogP contribution in [0.3, 0.4) is 0 Å². The van der Waals surface area contributed by atoms with Crippen molar-refractivity contribution >= 4 is 35.5 Å². The lowest BCUT2D eigenvalue weighted by atomic mass is 10.1. The molecule has 0 spiro atoms. The molecule has 4 N–H and O–H groups in total. The lowest BCUT2D eigenvalue weighted by Crippen LogP contribution is -2.34. The van der Waals surface area contributed by atoms with Crippen LogP contribution in [0.25, 0.3) is 22.5 Å². The Bertz CT molecular complexity index is 1200. The van der Waals surface area contributed by atoms with E-state index in [0.29, 0.717) is 11.4 Å². The van der Waals surface area contributed by atoms with Gasteiger partial charge in [-0.1, -0.05) is 24.3 Å². The van der Waals surface area contributed by atoms with Crippen LogP contribution in [0.4, 0.5) is 21.0 Å². The first-order chi connectivity index (χ1) is 18.2. The van der Waals surface area contributed by atoms with Crippen molar-refractivity contribution in [3.63, 3.8) is 0 Å². The Morgan fingerprint density at radius 1 is 0.711 bits per heavy atom. The van der Waals surface area contributed by atoms with E-state index in [-0.39, 0.29) is 25.1 Å². The van der Waals surface area contributed by atoms with Crippen LogP contribution >= 0.6 is 0 Å². The van der Waals surface area contributed by atoms with Gasteiger partial charge in [-0.05, 0) is 38.1 Å². The molecule has 0 aliphatic heterocycles. The van der Waals surface area contributed by atoms with E-state index in [1.807, 2.05) is 48.5 Å². The predicted molar refractivity (Wildman–Crippen MR) is 147 cm³/mol. The highest BCUT2D eigenvalue weighted by Gasteiger charge is 2.11. The molecule has 0 radical (unpaired) electrons. The third-order valence-corrected chi connectivity index (χ3v) is 5.38. The maximum Gasteiger partial charge on any atom is 0.436 e. The molecule has 0 saturated heterocycles. The van der Waals surface area contributed by atoms with Gasteiger partial charge < -0.3 is 30.7 Å². The van der Waals surface area contributed by atoms with E-state index >= 15 is 0 Å². The minimum absolute atomic E-state index is 0.000959. The number of aromatic nitrogens is 2. The van der Waals surface area contributed by atoms with Crippen LogP contribution < -0.4 is 21.3 Å². The van der Waals surface area contributed by atoms with Crippen molar-refractivity contribution in [1.82, 2.24) is 9.97 Å². The zero-order valence-corrected chi connectivity index (χ0v) is 21.7. The van der Waals surface area contributed by atoms with Crippen molar-refractivity contribution in [3.8, 4) is 22.5 Å². The summed E-state index contributed by atoms with van der Waals surface area (Å²) in [7, 11) is 3.36. The highest BCUT2D eigenvalue weighted by Crippen LogP contribution is 2.25. The van der Waals surface area contributed by atoms with Gasteiger partial charge in [0.1, 0.15) is 0 Å². The second kappa shape index (κ2) is 12.8. The first-order valence-electron chi connectivity index (χ1n) is 11.8. The first kappa shape index (κ1) is 27.6. The quantitative estimate of drug-likeness (QED) is 0.364. The molecular formula is C26H30N8O4. The van der Waals surface area contributed by atoms with E-state index < -0.39 is 12.2 Å². The van der Waals surface area contributed by atoms with Crippen molar-refractivity contribution in [2.75, 3.05) is 37.1 Å². The number of nitrogens with zero attached hydrogens (tertiary/aromatic N) is 6. The molecule has 0 saturated carbocycles. The van der Waals surface area contributed by atoms with Crippen molar-refractivity contribution in [2.45, 2.75) is 13.8 Å². The summed E-state index contributed by atoms with van der Waals surface area (Å²) in [4.78, 5) is 42.5. The van der Waals surface area contributed by atoms with Gasteiger partial charge >= 0.3 is 12.2 Å². The Balaban J connectivity index is 1.69. The molecule has 0 fully saturated rings. The molecule has 38 heavy (non-hydrogen) atoms. The van der Waals surface area contributed by atoms with Gasteiger partial charge in [-0.3, -0.25) is 9.97 Å². The van der Waals surface area contributed by atoms with Crippen LogP contribution in [-0.4, -0.2) is 61.4 Å². The number of carbonyl (C=O) groups excluding carboxylic acids is 2. The van der Waals surface area contributed by atoms with Gasteiger partial charge in [-0.2, -0.15) is 0 Å². The van der Waals surface area contributed by atoms with Gasteiger partial charge in [0.15, 0.2) is 0 Å². The lowest BCUT2D eigenvalue weighted by molar-refractivity contribution is 0.162. The SMILES string of the molecule is CCOC(=O)/N=C(\N)N(C)c1ccc(-c2ccc(-c3ccc(N(C)/C(N)=N/C(=O)OCC)cn3)cc2)nc1. The molecule has 0 atom stereocenters. The number of rotatable bonds is 6. The molecule has 0 unspecified atom stereocenters. The number of anilines is 2. The van der Waals surface area contributed by atoms with E-state index in [2.05, 4.69) is 20.0 Å². The second-order valence-electron chi connectivity index (χ2n) is 7.84. The number of amides is 2. The number of nitrogens with two attached hydrogens (primary N) is 2. The molecule has 2 heterocycles. The van der Waals surface area contributed by atoms with Gasteiger partial charge in [0, 0.05) is 25.2 Å². The Hall–Kier alpha value is -5.00. The minimum Gasteiger partial charge on any atom is -0.448 e. The summed E-state index contributed by atoms with van der Waals surface area (Å²) >= 11 is 0. The smallest absolute Gasteiger partial charge is 0.436 e. The maximum absolute atomic E-state index is 11.5. The molecule has 3 aromatic rings. The van der Waals surface area contributed by atoms with Crippen molar-refractivity contribution in [1.29, 1.82) is 0 Å². The number of guanidine groups is 2. The Morgan fingerprint density at radius 3 is 1.37 bits per heavy atom. The number of ether oxygens (including phenoxy) is 2. The fourth-order valence-electron chi connectivity index (χ4n) is 3.24. The summed E-state index contributed by atoms with van der Waals surface area (Å²) < 4.78 is 9.56. The number of benzene rings is 1. The molecule has 12 nitrogen and oxygen atoms in total. The monoisotopic (exact) mass is 518 g/mol. The second-order valence-corrected chi connectivity index (χ2v) is 7.84. The van der Waals surface area contributed by atoms with Gasteiger partial charge in [0.2, 0.25) is 11.9 Å². The number of hydrogen-bond acceptors (Lipinski definition) is 6. The average Bonchev–Trinajstić information content (AvgIpc) is 2.92. The van der Waals surface area contributed by atoms with Crippen molar-refractivity contribution in [3.05, 3.63) is 60.9 Å². The maximum atomic E-state index is 11.5. The number of aliphatic imine (C=N–C) groups is 2. The van der Waals surface area contributed by atoms with Crippen LogP contribution in [-0.2, 0) is 9.47 Å². The molecule has 0 aliphatic carbocycles. The normalized spacial score (nSPS) is 11.6. The zero-order valence-electron chi connectivity index (χ0n) is 21.7. The molecule has 3 rings (SSSR count). The number of hydrogen-bond donors (Lipinski definition) is 2. The van der Waals surface area contributed by atoms with Gasteiger partial charge in [-0.25, -0.2) is 9.59 Å². The van der Waals surface area contributed by atoms with Crippen molar-refractivity contribution < 1.29 is 19.1 Å². The van der Waals surface area contributed by atoms with Gasteiger partial charge in [0.05, 0.1) is 48.4 Å². The molecule has 0 aliphatic rings. The summed E-state index contributed by atoms with van der Waals surface area (Å²) in [6.45, 7) is 3.82. The molecule has 198 valence electrons. The van der Waals surface area contributed by atoms with Gasteiger partial charge in [0.25, 0.3) is 0 Å². The van der Waals surface area contributed by atoms with E-state index in [1.54, 1.807) is 50.1 Å². The third-order valence-electron chi connectivity index (χ3n) is 5.38. The molecular weight excluding hydrogens is 488 g/mol. The largest absolute Gasteiger partial charge is 0.448 e. The topological polar surface area (TPSA) is 162 Å². The molecule has 2 aromatic heterocycles. The molecule has 1 aromatic carbocycles. The summed E-state index contributed by atoms with van der Waals surface area (Å²) in [5.74, 6) is 0.00192. The van der Waals surface area contributed by atoms with E-state index in [1.165, 1.54) is 0 Å². The third kappa shape index (κ3) is 7.03. The van der Waals surface area contributed by atoms with E-state index in [0.717, 1.165) is 22.5 Å². The zero-order chi connectivity index (χ0) is 27.7. The predicted octanol–water partition coefficient (Wildman–Crippen LogP) is 3.63. The molecule has 12 heteroatoms. The Labute approximate surface area is 220 Å². The fourth-order valence-corrected chi connectivity index (χ4v) is 3.24.